The van der Waals surface area contributed by atoms with Crippen LogP contribution in [0.3, 0.4) is 0 Å². The monoisotopic (exact) mass is 194 g/mol. The van der Waals surface area contributed by atoms with E-state index in [0.29, 0.717) is 0 Å². The van der Waals surface area contributed by atoms with Gasteiger partial charge in [0.05, 0.1) is 6.34 Å². The molecular formula is C7H18N2S2. The largest absolute Gasteiger partial charge is 0.389 e. The summed E-state index contributed by atoms with van der Waals surface area (Å²) in [6.07, 6.45) is 4.24. The molecule has 0 unspecified atom stereocenters. The summed E-state index contributed by atoms with van der Waals surface area (Å²) in [6.45, 7) is 4.40. The Balaban J connectivity index is 0. The molecule has 0 aliphatic heterocycles. The molecule has 4 heteroatoms. The van der Waals surface area contributed by atoms with Gasteiger partial charge in [-0.2, -0.15) is 12.6 Å². The zero-order valence-electron chi connectivity index (χ0n) is 7.45. The van der Waals surface area contributed by atoms with Crippen molar-refractivity contribution in [1.82, 2.24) is 0 Å². The van der Waals surface area contributed by atoms with Crippen molar-refractivity contribution in [2.24, 2.45) is 16.0 Å². The van der Waals surface area contributed by atoms with Crippen molar-refractivity contribution in [2.45, 2.75) is 20.3 Å². The molecule has 0 aromatic rings. The summed E-state index contributed by atoms with van der Waals surface area (Å²) in [7, 11) is 0. The standard InChI is InChI=1S/C6H14N2S.CH4S/c1-6(2)3-4-9-8-5-7;1-2/h5-6H,3-4H2,1-2H3,(H2,7,8);2H,1H3. The van der Waals surface area contributed by atoms with Crippen LogP contribution in [-0.2, 0) is 0 Å². The van der Waals surface area contributed by atoms with Gasteiger partial charge in [-0.15, -0.1) is 0 Å². The summed E-state index contributed by atoms with van der Waals surface area (Å²) in [5.41, 5.74) is 5.03. The van der Waals surface area contributed by atoms with Gasteiger partial charge in [0.15, 0.2) is 0 Å². The van der Waals surface area contributed by atoms with Crippen LogP contribution in [0.25, 0.3) is 0 Å². The average molecular weight is 194 g/mol. The molecule has 0 fully saturated rings. The fraction of sp³-hybridized carbons (Fsp3) is 0.857. The Kier molecular flexibility index (Phi) is 16.0. The van der Waals surface area contributed by atoms with Crippen molar-refractivity contribution in [1.29, 1.82) is 0 Å². The van der Waals surface area contributed by atoms with E-state index in [1.165, 1.54) is 24.7 Å². The first-order valence-electron chi connectivity index (χ1n) is 3.57. The van der Waals surface area contributed by atoms with E-state index in [4.69, 9.17) is 5.73 Å². The lowest BCUT2D eigenvalue weighted by Gasteiger charge is -1.98. The van der Waals surface area contributed by atoms with E-state index in [1.54, 1.807) is 6.26 Å². The normalized spacial score (nSPS) is 9.91. The number of thiol groups is 1. The van der Waals surface area contributed by atoms with E-state index < -0.39 is 0 Å². The summed E-state index contributed by atoms with van der Waals surface area (Å²) >= 11 is 5.05. The summed E-state index contributed by atoms with van der Waals surface area (Å²) in [6, 6.07) is 0. The Labute approximate surface area is 79.6 Å². The van der Waals surface area contributed by atoms with Crippen LogP contribution in [0.4, 0.5) is 0 Å². The average Bonchev–Trinajstić information content (AvgIpc) is 2.02. The summed E-state index contributed by atoms with van der Waals surface area (Å²) in [5.74, 6) is 1.84. The summed E-state index contributed by atoms with van der Waals surface area (Å²) in [5, 5.41) is 0. The van der Waals surface area contributed by atoms with Gasteiger partial charge in [-0.3, -0.25) is 0 Å². The Morgan fingerprint density at radius 3 is 2.45 bits per heavy atom. The molecule has 0 saturated carbocycles. The van der Waals surface area contributed by atoms with Gasteiger partial charge in [0, 0.05) is 5.75 Å². The molecule has 0 rings (SSSR count). The minimum atomic E-state index is 0.769. The molecule has 68 valence electrons. The third-order valence-corrected chi connectivity index (χ3v) is 1.61. The van der Waals surface area contributed by atoms with Crippen molar-refractivity contribution in [3.63, 3.8) is 0 Å². The molecule has 11 heavy (non-hydrogen) atoms. The molecule has 0 amide bonds. The van der Waals surface area contributed by atoms with E-state index >= 15 is 0 Å². The molecule has 0 spiro atoms. The highest BCUT2D eigenvalue weighted by Gasteiger charge is 1.91. The predicted octanol–water partition coefficient (Wildman–Crippen LogP) is 2.21. The Morgan fingerprint density at radius 1 is 1.55 bits per heavy atom. The van der Waals surface area contributed by atoms with Crippen LogP contribution < -0.4 is 5.73 Å². The lowest BCUT2D eigenvalue weighted by atomic mass is 10.2. The molecule has 0 aromatic heterocycles. The number of hydrogen-bond donors (Lipinski definition) is 2. The first-order chi connectivity index (χ1) is 5.27. The molecule has 0 saturated heterocycles. The van der Waals surface area contributed by atoms with Crippen LogP contribution in [0.2, 0.25) is 0 Å². The fourth-order valence-corrected chi connectivity index (χ4v) is 1.15. The quantitative estimate of drug-likeness (QED) is 0.237. The topological polar surface area (TPSA) is 38.4 Å². The third-order valence-electron chi connectivity index (χ3n) is 0.922. The Hall–Kier alpha value is 0.170. The van der Waals surface area contributed by atoms with Gasteiger partial charge in [-0.1, -0.05) is 13.8 Å². The summed E-state index contributed by atoms with van der Waals surface area (Å²) < 4.78 is 3.81. The number of nitrogens with zero attached hydrogens (tertiary/aromatic N) is 1. The van der Waals surface area contributed by atoms with E-state index in [2.05, 4.69) is 30.9 Å². The van der Waals surface area contributed by atoms with Gasteiger partial charge in [0.1, 0.15) is 0 Å². The van der Waals surface area contributed by atoms with Crippen molar-refractivity contribution in [2.75, 3.05) is 12.0 Å². The third kappa shape index (κ3) is 17.8. The van der Waals surface area contributed by atoms with Crippen molar-refractivity contribution in [3.05, 3.63) is 0 Å². The highest BCUT2D eigenvalue weighted by atomic mass is 32.2. The van der Waals surface area contributed by atoms with Crippen molar-refractivity contribution in [3.8, 4) is 0 Å². The van der Waals surface area contributed by atoms with Crippen molar-refractivity contribution >= 4 is 30.9 Å². The van der Waals surface area contributed by atoms with Crippen LogP contribution in [0.5, 0.6) is 0 Å². The molecule has 0 bridgehead atoms. The first kappa shape index (κ1) is 13.7. The summed E-state index contributed by atoms with van der Waals surface area (Å²) in [4.78, 5) is 0. The van der Waals surface area contributed by atoms with Gasteiger partial charge in [0.25, 0.3) is 0 Å². The van der Waals surface area contributed by atoms with Gasteiger partial charge in [-0.05, 0) is 30.5 Å². The van der Waals surface area contributed by atoms with Gasteiger partial charge >= 0.3 is 0 Å². The van der Waals surface area contributed by atoms with Crippen LogP contribution in [0.15, 0.2) is 4.40 Å². The molecular weight excluding hydrogens is 176 g/mol. The van der Waals surface area contributed by atoms with Gasteiger partial charge < -0.3 is 5.73 Å². The van der Waals surface area contributed by atoms with Crippen LogP contribution in [0.1, 0.15) is 20.3 Å². The van der Waals surface area contributed by atoms with E-state index in [1.807, 2.05) is 0 Å². The maximum absolute atomic E-state index is 5.03. The molecule has 0 aliphatic rings. The number of hydrogen-bond acceptors (Lipinski definition) is 3. The predicted molar refractivity (Wildman–Crippen MR) is 59.5 cm³/mol. The lowest BCUT2D eigenvalue weighted by Crippen LogP contribution is -1.89. The van der Waals surface area contributed by atoms with E-state index in [0.717, 1.165) is 11.7 Å². The maximum atomic E-state index is 5.03. The van der Waals surface area contributed by atoms with E-state index in [-0.39, 0.29) is 0 Å². The molecule has 0 aromatic carbocycles. The molecule has 2 N–H and O–H groups in total. The highest BCUT2D eigenvalue weighted by molar-refractivity contribution is 7.98. The zero-order chi connectivity index (χ0) is 9.11. The molecule has 0 heterocycles. The Bertz CT molecular complexity index is 84.5. The van der Waals surface area contributed by atoms with Gasteiger partial charge in [0.2, 0.25) is 0 Å². The second kappa shape index (κ2) is 12.8. The van der Waals surface area contributed by atoms with Crippen LogP contribution in [0, 0.1) is 5.92 Å². The van der Waals surface area contributed by atoms with Gasteiger partial charge in [-0.25, -0.2) is 4.40 Å². The van der Waals surface area contributed by atoms with Crippen LogP contribution in [-0.4, -0.2) is 18.3 Å². The minimum absolute atomic E-state index is 0.769. The first-order valence-corrected chi connectivity index (χ1v) is 5.41. The smallest absolute Gasteiger partial charge is 0.0937 e. The maximum Gasteiger partial charge on any atom is 0.0937 e. The fourth-order valence-electron chi connectivity index (χ4n) is 0.384. The minimum Gasteiger partial charge on any atom is -0.389 e. The molecule has 0 radical (unpaired) electrons. The Morgan fingerprint density at radius 2 is 2.09 bits per heavy atom. The molecule has 0 aliphatic carbocycles. The zero-order valence-corrected chi connectivity index (χ0v) is 9.16. The highest BCUT2D eigenvalue weighted by Crippen LogP contribution is 2.07. The number of nitrogens with two attached hydrogens (primary N) is 1. The van der Waals surface area contributed by atoms with Crippen molar-refractivity contribution < 1.29 is 0 Å². The second-order valence-electron chi connectivity index (χ2n) is 2.27. The molecule has 0 atom stereocenters. The van der Waals surface area contributed by atoms with Crippen LogP contribution >= 0.6 is 24.6 Å². The second-order valence-corrected chi connectivity index (χ2v) is 3.15. The molecule has 2 nitrogen and oxygen atoms in total. The SMILES string of the molecule is CC(C)CCS/N=C\N.CS. The van der Waals surface area contributed by atoms with E-state index in [9.17, 15) is 0 Å². The lowest BCUT2D eigenvalue weighted by molar-refractivity contribution is 0.632. The number of rotatable bonds is 4.